The van der Waals surface area contributed by atoms with Crippen LogP contribution in [-0.2, 0) is 6.54 Å². The van der Waals surface area contributed by atoms with Crippen LogP contribution in [0.2, 0.25) is 5.02 Å². The third-order valence-corrected chi connectivity index (χ3v) is 4.57. The minimum Gasteiger partial charge on any atom is -0.362 e. The molecule has 0 saturated carbocycles. The highest BCUT2D eigenvalue weighted by molar-refractivity contribution is 6.30. The molecule has 1 fully saturated rings. The average Bonchev–Trinajstić information content (AvgIpc) is 2.45. The van der Waals surface area contributed by atoms with Crippen molar-refractivity contribution in [2.75, 3.05) is 18.0 Å². The zero-order valence-corrected chi connectivity index (χ0v) is 14.0. The standard InChI is InChI=1S/C19H23ClN2/c1-14(2)16-6-8-18(9-7-16)22(19-11-21-12-19)13-15-4-3-5-17(20)10-15/h3-10,14,19,21H,11-13H2,1-2H3. The topological polar surface area (TPSA) is 15.3 Å². The lowest BCUT2D eigenvalue weighted by Gasteiger charge is -2.40. The van der Waals surface area contributed by atoms with Crippen LogP contribution in [0.1, 0.15) is 30.9 Å². The molecule has 1 aliphatic heterocycles. The lowest BCUT2D eigenvalue weighted by molar-refractivity contribution is 0.411. The van der Waals surface area contributed by atoms with Crippen molar-refractivity contribution in [1.82, 2.24) is 5.32 Å². The van der Waals surface area contributed by atoms with Crippen molar-refractivity contribution in [3.63, 3.8) is 0 Å². The number of hydrogen-bond donors (Lipinski definition) is 1. The number of halogens is 1. The quantitative estimate of drug-likeness (QED) is 0.877. The Morgan fingerprint density at radius 2 is 1.86 bits per heavy atom. The molecule has 22 heavy (non-hydrogen) atoms. The van der Waals surface area contributed by atoms with Gasteiger partial charge in [0.2, 0.25) is 0 Å². The van der Waals surface area contributed by atoms with E-state index in [1.807, 2.05) is 12.1 Å². The van der Waals surface area contributed by atoms with E-state index in [1.165, 1.54) is 16.8 Å². The molecular formula is C19H23ClN2. The summed E-state index contributed by atoms with van der Waals surface area (Å²) >= 11 is 6.13. The zero-order valence-electron chi connectivity index (χ0n) is 13.2. The first-order valence-electron chi connectivity index (χ1n) is 7.95. The van der Waals surface area contributed by atoms with Gasteiger partial charge in [0.25, 0.3) is 0 Å². The van der Waals surface area contributed by atoms with Gasteiger partial charge in [0.05, 0.1) is 6.04 Å². The molecule has 116 valence electrons. The molecule has 3 rings (SSSR count). The van der Waals surface area contributed by atoms with Crippen molar-refractivity contribution in [2.24, 2.45) is 0 Å². The molecule has 2 aromatic rings. The van der Waals surface area contributed by atoms with Crippen molar-refractivity contribution in [3.05, 3.63) is 64.7 Å². The maximum Gasteiger partial charge on any atom is 0.0542 e. The van der Waals surface area contributed by atoms with E-state index in [1.54, 1.807) is 0 Å². The van der Waals surface area contributed by atoms with Gasteiger partial charge in [-0.3, -0.25) is 0 Å². The number of nitrogens with one attached hydrogen (secondary N) is 1. The van der Waals surface area contributed by atoms with Crippen molar-refractivity contribution < 1.29 is 0 Å². The van der Waals surface area contributed by atoms with Crippen LogP contribution in [0.3, 0.4) is 0 Å². The highest BCUT2D eigenvalue weighted by Crippen LogP contribution is 2.25. The fraction of sp³-hybridized carbons (Fsp3) is 0.368. The van der Waals surface area contributed by atoms with Gasteiger partial charge in [0, 0.05) is 30.3 Å². The van der Waals surface area contributed by atoms with Crippen LogP contribution in [-0.4, -0.2) is 19.1 Å². The van der Waals surface area contributed by atoms with Gasteiger partial charge in [-0.2, -0.15) is 0 Å². The molecule has 0 aromatic heterocycles. The lowest BCUT2D eigenvalue weighted by atomic mass is 10.0. The molecule has 1 N–H and O–H groups in total. The van der Waals surface area contributed by atoms with Crippen LogP contribution in [0.25, 0.3) is 0 Å². The van der Waals surface area contributed by atoms with Gasteiger partial charge >= 0.3 is 0 Å². The molecule has 0 spiro atoms. The van der Waals surface area contributed by atoms with E-state index >= 15 is 0 Å². The van der Waals surface area contributed by atoms with Gasteiger partial charge in [-0.05, 0) is 41.3 Å². The summed E-state index contributed by atoms with van der Waals surface area (Å²) in [6.45, 7) is 7.45. The largest absolute Gasteiger partial charge is 0.362 e. The summed E-state index contributed by atoms with van der Waals surface area (Å²) in [5.41, 5.74) is 3.93. The zero-order chi connectivity index (χ0) is 15.5. The average molecular weight is 315 g/mol. The smallest absolute Gasteiger partial charge is 0.0542 e. The first-order chi connectivity index (χ1) is 10.6. The highest BCUT2D eigenvalue weighted by Gasteiger charge is 2.25. The molecule has 3 heteroatoms. The van der Waals surface area contributed by atoms with Crippen molar-refractivity contribution in [1.29, 1.82) is 0 Å². The Hall–Kier alpha value is -1.51. The molecule has 0 amide bonds. The Morgan fingerprint density at radius 1 is 1.14 bits per heavy atom. The Kier molecular flexibility index (Phi) is 4.70. The SMILES string of the molecule is CC(C)c1ccc(N(Cc2cccc(Cl)c2)C2CNC2)cc1. The van der Waals surface area contributed by atoms with E-state index in [0.717, 1.165) is 24.7 Å². The lowest BCUT2D eigenvalue weighted by Crippen LogP contribution is -2.57. The summed E-state index contributed by atoms with van der Waals surface area (Å²) < 4.78 is 0. The third-order valence-electron chi connectivity index (χ3n) is 4.33. The predicted octanol–water partition coefficient (Wildman–Crippen LogP) is 4.44. The first kappa shape index (κ1) is 15.4. The molecule has 1 aliphatic rings. The number of rotatable bonds is 5. The Morgan fingerprint density at radius 3 is 2.41 bits per heavy atom. The minimum absolute atomic E-state index is 0.559. The second kappa shape index (κ2) is 6.72. The van der Waals surface area contributed by atoms with Crippen molar-refractivity contribution in [2.45, 2.75) is 32.4 Å². The minimum atomic E-state index is 0.559. The maximum atomic E-state index is 6.13. The van der Waals surface area contributed by atoms with Gasteiger partial charge in [-0.1, -0.05) is 49.7 Å². The Labute approximate surface area is 138 Å². The van der Waals surface area contributed by atoms with Gasteiger partial charge in [0.15, 0.2) is 0 Å². The molecule has 0 bridgehead atoms. The molecule has 0 unspecified atom stereocenters. The van der Waals surface area contributed by atoms with Gasteiger partial charge in [-0.15, -0.1) is 0 Å². The Balaban J connectivity index is 1.83. The number of nitrogens with zero attached hydrogens (tertiary/aromatic N) is 1. The molecule has 1 saturated heterocycles. The summed E-state index contributed by atoms with van der Waals surface area (Å²) in [5.74, 6) is 0.570. The van der Waals surface area contributed by atoms with E-state index in [2.05, 4.69) is 60.5 Å². The molecule has 0 radical (unpaired) electrons. The fourth-order valence-corrected chi connectivity index (χ4v) is 3.02. The monoisotopic (exact) mass is 314 g/mol. The van der Waals surface area contributed by atoms with Crippen molar-refractivity contribution in [3.8, 4) is 0 Å². The van der Waals surface area contributed by atoms with Crippen LogP contribution in [0, 0.1) is 0 Å². The second-order valence-corrected chi connectivity index (χ2v) is 6.75. The summed E-state index contributed by atoms with van der Waals surface area (Å²) in [5, 5.41) is 4.18. The maximum absolute atomic E-state index is 6.13. The van der Waals surface area contributed by atoms with Crippen molar-refractivity contribution >= 4 is 17.3 Å². The molecular weight excluding hydrogens is 292 g/mol. The van der Waals surface area contributed by atoms with Crippen LogP contribution >= 0.6 is 11.6 Å². The molecule has 2 aromatic carbocycles. The normalized spacial score (nSPS) is 14.9. The molecule has 2 nitrogen and oxygen atoms in total. The molecule has 0 aliphatic carbocycles. The number of hydrogen-bond acceptors (Lipinski definition) is 2. The Bertz CT molecular complexity index is 618. The number of benzene rings is 2. The van der Waals surface area contributed by atoms with Crippen LogP contribution < -0.4 is 10.2 Å². The van der Waals surface area contributed by atoms with Gasteiger partial charge in [-0.25, -0.2) is 0 Å². The second-order valence-electron chi connectivity index (χ2n) is 6.32. The van der Waals surface area contributed by atoms with E-state index < -0.39 is 0 Å². The highest BCUT2D eigenvalue weighted by atomic mass is 35.5. The third kappa shape index (κ3) is 3.45. The predicted molar refractivity (Wildman–Crippen MR) is 94.8 cm³/mol. The summed E-state index contributed by atoms with van der Waals surface area (Å²) in [7, 11) is 0. The van der Waals surface area contributed by atoms with Crippen LogP contribution in [0.4, 0.5) is 5.69 Å². The van der Waals surface area contributed by atoms with E-state index in [4.69, 9.17) is 11.6 Å². The van der Waals surface area contributed by atoms with E-state index in [-0.39, 0.29) is 0 Å². The van der Waals surface area contributed by atoms with Gasteiger partial charge < -0.3 is 10.2 Å². The summed E-state index contributed by atoms with van der Waals surface area (Å²) in [6.07, 6.45) is 0. The summed E-state index contributed by atoms with van der Waals surface area (Å²) in [6, 6.07) is 17.7. The number of anilines is 1. The fourth-order valence-electron chi connectivity index (χ4n) is 2.81. The van der Waals surface area contributed by atoms with E-state index in [9.17, 15) is 0 Å². The summed E-state index contributed by atoms with van der Waals surface area (Å²) in [4.78, 5) is 2.48. The van der Waals surface area contributed by atoms with E-state index in [0.29, 0.717) is 12.0 Å². The first-order valence-corrected chi connectivity index (χ1v) is 8.33. The van der Waals surface area contributed by atoms with Gasteiger partial charge in [0.1, 0.15) is 0 Å². The molecule has 1 heterocycles. The van der Waals surface area contributed by atoms with Crippen LogP contribution in [0.15, 0.2) is 48.5 Å². The van der Waals surface area contributed by atoms with Crippen LogP contribution in [0.5, 0.6) is 0 Å². The molecule has 0 atom stereocenters.